The summed E-state index contributed by atoms with van der Waals surface area (Å²) in [4.78, 5) is 13.0. The summed E-state index contributed by atoms with van der Waals surface area (Å²) in [6, 6.07) is 10.1. The molecule has 0 bridgehead atoms. The van der Waals surface area contributed by atoms with Gasteiger partial charge in [0.15, 0.2) is 0 Å². The van der Waals surface area contributed by atoms with Crippen molar-refractivity contribution in [2.45, 2.75) is 37.6 Å². The van der Waals surface area contributed by atoms with E-state index in [1.54, 1.807) is 24.3 Å². The van der Waals surface area contributed by atoms with Gasteiger partial charge in [0.05, 0.1) is 17.6 Å². The fraction of sp³-hybridized carbons (Fsp3) is 0.381. The van der Waals surface area contributed by atoms with E-state index < -0.39 is 10.0 Å². The van der Waals surface area contributed by atoms with Crippen molar-refractivity contribution in [3.63, 3.8) is 0 Å². The minimum absolute atomic E-state index is 0.114. The molecule has 156 valence electrons. The maximum absolute atomic E-state index is 13.0. The molecule has 2 aromatic rings. The van der Waals surface area contributed by atoms with E-state index in [0.717, 1.165) is 11.1 Å². The third kappa shape index (κ3) is 4.74. The molecule has 0 saturated carbocycles. The molecule has 6 nitrogen and oxygen atoms in total. The number of halogens is 1. The first-order valence-corrected chi connectivity index (χ1v) is 11.3. The normalized spacial score (nSPS) is 15.9. The first-order chi connectivity index (χ1) is 13.7. The largest absolute Gasteiger partial charge is 0.496 e. The number of nitrogens with zero attached hydrogens (tertiary/aromatic N) is 1. The van der Waals surface area contributed by atoms with E-state index in [9.17, 15) is 13.2 Å². The number of aryl methyl sites for hydroxylation is 2. The zero-order chi connectivity index (χ0) is 21.2. The molecule has 0 aromatic heterocycles. The number of ether oxygens (including phenoxy) is 1. The van der Waals surface area contributed by atoms with Gasteiger partial charge in [0.1, 0.15) is 5.75 Å². The number of amides is 1. The standard InChI is InChI=1S/C21H25ClN2O4S/c1-14-4-7-20(15(2)12-14)29(26,27)24-10-8-17(9-11-24)23-21(25)18-13-16(22)5-6-19(18)28-3/h4-7,12-13,17H,8-11H2,1-3H3,(H,23,25). The van der Waals surface area contributed by atoms with Crippen molar-refractivity contribution < 1.29 is 17.9 Å². The third-order valence-corrected chi connectivity index (χ3v) is 7.44. The number of methoxy groups -OCH3 is 1. The summed E-state index contributed by atoms with van der Waals surface area (Å²) in [7, 11) is -2.05. The van der Waals surface area contributed by atoms with Crippen LogP contribution in [0.5, 0.6) is 5.75 Å². The van der Waals surface area contributed by atoms with Gasteiger partial charge in [0.25, 0.3) is 5.91 Å². The van der Waals surface area contributed by atoms with Gasteiger partial charge in [-0.2, -0.15) is 4.31 Å². The van der Waals surface area contributed by atoms with Crippen LogP contribution < -0.4 is 10.1 Å². The van der Waals surface area contributed by atoms with Crippen LogP contribution in [0.3, 0.4) is 0 Å². The second-order valence-electron chi connectivity index (χ2n) is 7.27. The average molecular weight is 437 g/mol. The van der Waals surface area contributed by atoms with Crippen molar-refractivity contribution in [1.29, 1.82) is 0 Å². The van der Waals surface area contributed by atoms with Gasteiger partial charge in [-0.3, -0.25) is 4.79 Å². The van der Waals surface area contributed by atoms with Gasteiger partial charge in [-0.05, 0) is 56.5 Å². The molecule has 1 aliphatic rings. The SMILES string of the molecule is COc1ccc(Cl)cc1C(=O)NC1CCN(S(=O)(=O)c2ccc(C)cc2C)CC1. The number of nitrogens with one attached hydrogen (secondary N) is 1. The van der Waals surface area contributed by atoms with E-state index in [0.29, 0.717) is 47.2 Å². The van der Waals surface area contributed by atoms with Gasteiger partial charge in [0, 0.05) is 24.2 Å². The van der Waals surface area contributed by atoms with Crippen LogP contribution in [-0.4, -0.2) is 44.9 Å². The Morgan fingerprint density at radius 1 is 1.14 bits per heavy atom. The molecular formula is C21H25ClN2O4S. The van der Waals surface area contributed by atoms with Crippen LogP contribution in [0.4, 0.5) is 0 Å². The molecule has 1 aliphatic heterocycles. The Labute approximate surface area is 176 Å². The molecule has 0 atom stereocenters. The van der Waals surface area contributed by atoms with Gasteiger partial charge in [-0.1, -0.05) is 29.3 Å². The van der Waals surface area contributed by atoms with Gasteiger partial charge < -0.3 is 10.1 Å². The van der Waals surface area contributed by atoms with Crippen molar-refractivity contribution in [2.75, 3.05) is 20.2 Å². The van der Waals surface area contributed by atoms with Crippen molar-refractivity contribution >= 4 is 27.5 Å². The van der Waals surface area contributed by atoms with Gasteiger partial charge in [-0.25, -0.2) is 8.42 Å². The fourth-order valence-electron chi connectivity index (χ4n) is 3.59. The molecule has 29 heavy (non-hydrogen) atoms. The number of piperidine rings is 1. The van der Waals surface area contributed by atoms with Crippen molar-refractivity contribution in [3.8, 4) is 5.75 Å². The Balaban J connectivity index is 1.66. The smallest absolute Gasteiger partial charge is 0.255 e. The van der Waals surface area contributed by atoms with Crippen molar-refractivity contribution in [2.24, 2.45) is 0 Å². The highest BCUT2D eigenvalue weighted by molar-refractivity contribution is 7.89. The van der Waals surface area contributed by atoms with Crippen molar-refractivity contribution in [3.05, 3.63) is 58.1 Å². The molecule has 0 radical (unpaired) electrons. The number of benzene rings is 2. The molecule has 1 saturated heterocycles. The fourth-order valence-corrected chi connectivity index (χ4v) is 5.44. The summed E-state index contributed by atoms with van der Waals surface area (Å²) in [5.74, 6) is 0.168. The van der Waals surface area contributed by atoms with Crippen LogP contribution in [-0.2, 0) is 10.0 Å². The van der Waals surface area contributed by atoms with E-state index >= 15 is 0 Å². The van der Waals surface area contributed by atoms with Gasteiger partial charge >= 0.3 is 0 Å². The first kappa shape index (κ1) is 21.6. The Kier molecular flexibility index (Phi) is 6.51. The molecule has 0 unspecified atom stereocenters. The third-order valence-electron chi connectivity index (χ3n) is 5.14. The van der Waals surface area contributed by atoms with Gasteiger partial charge in [0.2, 0.25) is 10.0 Å². The van der Waals surface area contributed by atoms with E-state index in [2.05, 4.69) is 5.32 Å². The number of carbonyl (C=O) groups excluding carboxylic acids is 1. The van der Waals surface area contributed by atoms with Crippen LogP contribution in [0.25, 0.3) is 0 Å². The molecule has 0 aliphatic carbocycles. The summed E-state index contributed by atoms with van der Waals surface area (Å²) >= 11 is 6.00. The topological polar surface area (TPSA) is 75.7 Å². The highest BCUT2D eigenvalue weighted by Crippen LogP contribution is 2.26. The highest BCUT2D eigenvalue weighted by Gasteiger charge is 2.31. The maximum atomic E-state index is 13.0. The molecule has 1 amide bonds. The Hall–Kier alpha value is -2.09. The Morgan fingerprint density at radius 2 is 1.83 bits per heavy atom. The number of hydrogen-bond acceptors (Lipinski definition) is 4. The Bertz CT molecular complexity index is 1020. The molecular weight excluding hydrogens is 412 g/mol. The molecule has 8 heteroatoms. The predicted molar refractivity (Wildman–Crippen MR) is 113 cm³/mol. The maximum Gasteiger partial charge on any atom is 0.255 e. The molecule has 1 N–H and O–H groups in total. The van der Waals surface area contributed by atoms with E-state index in [1.807, 2.05) is 26.0 Å². The molecule has 1 fully saturated rings. The van der Waals surface area contributed by atoms with Crippen LogP contribution in [0, 0.1) is 13.8 Å². The van der Waals surface area contributed by atoms with Crippen LogP contribution in [0.1, 0.15) is 34.3 Å². The van der Waals surface area contributed by atoms with Crippen LogP contribution >= 0.6 is 11.6 Å². The lowest BCUT2D eigenvalue weighted by Crippen LogP contribution is -2.46. The minimum Gasteiger partial charge on any atom is -0.496 e. The highest BCUT2D eigenvalue weighted by atomic mass is 35.5. The summed E-state index contributed by atoms with van der Waals surface area (Å²) in [5.41, 5.74) is 2.14. The molecule has 2 aromatic carbocycles. The van der Waals surface area contributed by atoms with Gasteiger partial charge in [-0.15, -0.1) is 0 Å². The summed E-state index contributed by atoms with van der Waals surface area (Å²) in [5, 5.41) is 3.42. The number of carbonyl (C=O) groups is 1. The summed E-state index contributed by atoms with van der Waals surface area (Å²) in [6.07, 6.45) is 1.08. The zero-order valence-electron chi connectivity index (χ0n) is 16.7. The van der Waals surface area contributed by atoms with E-state index in [4.69, 9.17) is 16.3 Å². The molecule has 0 spiro atoms. The quantitative estimate of drug-likeness (QED) is 0.777. The molecule has 3 rings (SSSR count). The molecule has 1 heterocycles. The summed E-state index contributed by atoms with van der Waals surface area (Å²) < 4.78 is 32.7. The van der Waals surface area contributed by atoms with Crippen LogP contribution in [0.2, 0.25) is 5.02 Å². The number of rotatable bonds is 5. The average Bonchev–Trinajstić information content (AvgIpc) is 2.68. The van der Waals surface area contributed by atoms with E-state index in [1.165, 1.54) is 11.4 Å². The number of hydrogen-bond donors (Lipinski definition) is 1. The van der Waals surface area contributed by atoms with Crippen LogP contribution in [0.15, 0.2) is 41.3 Å². The second-order valence-corrected chi connectivity index (χ2v) is 9.61. The monoisotopic (exact) mass is 436 g/mol. The summed E-state index contributed by atoms with van der Waals surface area (Å²) in [6.45, 7) is 4.46. The number of sulfonamides is 1. The lowest BCUT2D eigenvalue weighted by molar-refractivity contribution is 0.0921. The first-order valence-electron chi connectivity index (χ1n) is 9.44. The Morgan fingerprint density at radius 3 is 2.45 bits per heavy atom. The van der Waals surface area contributed by atoms with Crippen molar-refractivity contribution in [1.82, 2.24) is 9.62 Å². The lowest BCUT2D eigenvalue weighted by Gasteiger charge is -2.32. The predicted octanol–water partition coefficient (Wildman–Crippen LogP) is 3.55. The lowest BCUT2D eigenvalue weighted by atomic mass is 10.1. The second kappa shape index (κ2) is 8.73. The minimum atomic E-state index is -3.55. The zero-order valence-corrected chi connectivity index (χ0v) is 18.3. The van der Waals surface area contributed by atoms with E-state index in [-0.39, 0.29) is 11.9 Å².